The van der Waals surface area contributed by atoms with Crippen LogP contribution in [0.5, 0.6) is 0 Å². The molecule has 0 bridgehead atoms. The van der Waals surface area contributed by atoms with Gasteiger partial charge in [0.15, 0.2) is 0 Å². The lowest BCUT2D eigenvalue weighted by molar-refractivity contribution is 1.28. The third-order valence-electron chi connectivity index (χ3n) is 11.9. The number of nitrogens with zero attached hydrogens (tertiary/aromatic N) is 1. The van der Waals surface area contributed by atoms with Crippen LogP contribution in [0, 0.1) is 0 Å². The second-order valence-corrected chi connectivity index (χ2v) is 17.5. The molecule has 0 fully saturated rings. The first-order valence-electron chi connectivity index (χ1n) is 20.1. The Balaban J connectivity index is 0.943. The van der Waals surface area contributed by atoms with Gasteiger partial charge in [0.2, 0.25) is 0 Å². The van der Waals surface area contributed by atoms with Crippen molar-refractivity contribution in [2.24, 2.45) is 0 Å². The van der Waals surface area contributed by atoms with E-state index in [1.54, 1.807) is 0 Å². The van der Waals surface area contributed by atoms with E-state index in [1.165, 1.54) is 95.3 Å². The van der Waals surface area contributed by atoms with Gasteiger partial charge in [-0.15, -0.1) is 22.7 Å². The maximum absolute atomic E-state index is 2.38. The second-order valence-electron chi connectivity index (χ2n) is 15.3. The van der Waals surface area contributed by atoms with E-state index in [4.69, 9.17) is 0 Å². The Hall–Kier alpha value is -7.04. The molecule has 0 aliphatic heterocycles. The van der Waals surface area contributed by atoms with Crippen LogP contribution < -0.4 is 4.90 Å². The minimum atomic E-state index is 1.11. The molecule has 2 heterocycles. The van der Waals surface area contributed by atoms with E-state index in [2.05, 4.69) is 217 Å². The van der Waals surface area contributed by atoms with Crippen molar-refractivity contribution < 1.29 is 0 Å². The number of hydrogen-bond donors (Lipinski definition) is 0. The Morgan fingerprint density at radius 2 is 0.695 bits per heavy atom. The van der Waals surface area contributed by atoms with Crippen LogP contribution in [-0.4, -0.2) is 0 Å². The van der Waals surface area contributed by atoms with E-state index in [9.17, 15) is 0 Å². The van der Waals surface area contributed by atoms with Crippen molar-refractivity contribution in [2.45, 2.75) is 0 Å². The van der Waals surface area contributed by atoms with Crippen molar-refractivity contribution in [3.05, 3.63) is 212 Å². The van der Waals surface area contributed by atoms with Crippen LogP contribution in [0.2, 0.25) is 0 Å². The molecule has 0 N–H and O–H groups in total. The fourth-order valence-electron chi connectivity index (χ4n) is 8.95. The third-order valence-corrected chi connectivity index (χ3v) is 14.2. The topological polar surface area (TPSA) is 3.24 Å². The molecule has 0 aliphatic rings. The van der Waals surface area contributed by atoms with Gasteiger partial charge in [-0.2, -0.15) is 0 Å². The highest BCUT2D eigenvalue weighted by Gasteiger charge is 2.16. The molecule has 12 rings (SSSR count). The lowest BCUT2D eigenvalue weighted by Gasteiger charge is -2.26. The molecular formula is C56H35NS2. The smallest absolute Gasteiger partial charge is 0.0462 e. The van der Waals surface area contributed by atoms with Crippen molar-refractivity contribution in [1.29, 1.82) is 0 Å². The zero-order chi connectivity index (χ0) is 38.9. The molecule has 0 atom stereocenters. The first-order valence-corrected chi connectivity index (χ1v) is 21.7. The molecule has 0 aliphatic carbocycles. The first kappa shape index (κ1) is 34.0. The Morgan fingerprint density at radius 3 is 1.25 bits per heavy atom. The van der Waals surface area contributed by atoms with Gasteiger partial charge in [-0.25, -0.2) is 0 Å². The summed E-state index contributed by atoms with van der Waals surface area (Å²) >= 11 is 3.72. The summed E-state index contributed by atoms with van der Waals surface area (Å²) in [5.41, 5.74) is 10.6. The van der Waals surface area contributed by atoms with Crippen molar-refractivity contribution in [3.8, 4) is 33.4 Å². The van der Waals surface area contributed by atoms with Gasteiger partial charge in [-0.05, 0) is 128 Å². The quantitative estimate of drug-likeness (QED) is 0.152. The third kappa shape index (κ3) is 5.81. The molecule has 0 unspecified atom stereocenters. The van der Waals surface area contributed by atoms with Crippen molar-refractivity contribution >= 4 is 102 Å². The molecule has 59 heavy (non-hydrogen) atoms. The predicted molar refractivity (Wildman–Crippen MR) is 258 cm³/mol. The average molecular weight is 786 g/mol. The average Bonchev–Trinajstić information content (AvgIpc) is 3.87. The summed E-state index contributed by atoms with van der Waals surface area (Å²) in [6.45, 7) is 0. The molecule has 2 aromatic heterocycles. The van der Waals surface area contributed by atoms with Crippen LogP contribution >= 0.6 is 22.7 Å². The minimum Gasteiger partial charge on any atom is -0.311 e. The largest absolute Gasteiger partial charge is 0.311 e. The number of anilines is 3. The first-order chi connectivity index (χ1) is 29.2. The number of thiophene rings is 2. The van der Waals surface area contributed by atoms with Crippen LogP contribution in [0.4, 0.5) is 17.1 Å². The highest BCUT2D eigenvalue weighted by Crippen LogP contribution is 2.42. The highest BCUT2D eigenvalue weighted by atomic mass is 32.1. The van der Waals surface area contributed by atoms with Crippen LogP contribution in [0.25, 0.3) is 95.3 Å². The molecule has 0 saturated carbocycles. The zero-order valence-electron chi connectivity index (χ0n) is 32.0. The molecule has 3 heteroatoms. The van der Waals surface area contributed by atoms with Crippen LogP contribution in [0.15, 0.2) is 212 Å². The molecule has 276 valence electrons. The predicted octanol–water partition coefficient (Wildman–Crippen LogP) is 17.2. The molecule has 0 saturated heterocycles. The Bertz CT molecular complexity index is 3380. The SMILES string of the molecule is c1ccc2c(c1)ccc1cccc(-c3ccc(N(c4ccc(-c5ccc6sc7ccccc7c6c5)cc4)c4ccc(-c5ccc6sc7ccccc7c6c5)cc4)cc3)c12. The van der Waals surface area contributed by atoms with E-state index in [0.29, 0.717) is 0 Å². The minimum absolute atomic E-state index is 1.11. The molecule has 12 aromatic rings. The van der Waals surface area contributed by atoms with Crippen LogP contribution in [0.1, 0.15) is 0 Å². The maximum Gasteiger partial charge on any atom is 0.0462 e. The van der Waals surface area contributed by atoms with Crippen molar-refractivity contribution in [3.63, 3.8) is 0 Å². The number of hydrogen-bond acceptors (Lipinski definition) is 3. The molecule has 1 nitrogen and oxygen atoms in total. The van der Waals surface area contributed by atoms with Gasteiger partial charge >= 0.3 is 0 Å². The van der Waals surface area contributed by atoms with E-state index < -0.39 is 0 Å². The fraction of sp³-hybridized carbons (Fsp3) is 0. The summed E-state index contributed by atoms with van der Waals surface area (Å²) in [5.74, 6) is 0. The van der Waals surface area contributed by atoms with E-state index >= 15 is 0 Å². The van der Waals surface area contributed by atoms with E-state index in [0.717, 1.165) is 17.1 Å². The van der Waals surface area contributed by atoms with Gasteiger partial charge in [0, 0.05) is 57.4 Å². The number of rotatable bonds is 6. The van der Waals surface area contributed by atoms with Crippen LogP contribution in [-0.2, 0) is 0 Å². The van der Waals surface area contributed by atoms with Crippen LogP contribution in [0.3, 0.4) is 0 Å². The summed E-state index contributed by atoms with van der Waals surface area (Å²) < 4.78 is 5.31. The Kier molecular flexibility index (Phi) is 7.97. The molecular weight excluding hydrogens is 751 g/mol. The van der Waals surface area contributed by atoms with Gasteiger partial charge < -0.3 is 4.90 Å². The van der Waals surface area contributed by atoms with Gasteiger partial charge in [-0.1, -0.05) is 140 Å². The molecule has 10 aromatic carbocycles. The molecule has 0 radical (unpaired) electrons. The summed E-state index contributed by atoms with van der Waals surface area (Å²) in [7, 11) is 0. The normalized spacial score (nSPS) is 11.7. The van der Waals surface area contributed by atoms with Gasteiger partial charge in [0.1, 0.15) is 0 Å². The van der Waals surface area contributed by atoms with Gasteiger partial charge in [0.25, 0.3) is 0 Å². The van der Waals surface area contributed by atoms with E-state index in [-0.39, 0.29) is 0 Å². The van der Waals surface area contributed by atoms with Crippen molar-refractivity contribution in [1.82, 2.24) is 0 Å². The maximum atomic E-state index is 2.38. The Morgan fingerprint density at radius 1 is 0.271 bits per heavy atom. The zero-order valence-corrected chi connectivity index (χ0v) is 33.6. The monoisotopic (exact) mass is 785 g/mol. The lowest BCUT2D eigenvalue weighted by Crippen LogP contribution is -2.09. The molecule has 0 amide bonds. The lowest BCUT2D eigenvalue weighted by atomic mass is 9.93. The summed E-state index contributed by atoms with van der Waals surface area (Å²) in [5, 5.41) is 10.4. The fourth-order valence-corrected chi connectivity index (χ4v) is 11.1. The highest BCUT2D eigenvalue weighted by molar-refractivity contribution is 7.26. The van der Waals surface area contributed by atoms with E-state index in [1.807, 2.05) is 22.7 Å². The summed E-state index contributed by atoms with van der Waals surface area (Å²) in [6.07, 6.45) is 0. The number of fused-ring (bicyclic) bond motifs is 9. The van der Waals surface area contributed by atoms with Gasteiger partial charge in [-0.3, -0.25) is 0 Å². The van der Waals surface area contributed by atoms with Crippen molar-refractivity contribution in [2.75, 3.05) is 4.90 Å². The standard InChI is InChI=1S/C56H35NS2/c1-2-10-46-38(8-1)16-17-40-9-7-13-47(56(40)46)39-22-30-45(31-23-39)57(43-26-18-36(19-27-43)41-24-32-54-50(34-41)48-11-3-5-14-52(48)58-54)44-28-20-37(21-29-44)42-25-33-55-51(35-42)49-12-4-6-15-53(49)59-55/h1-35H. The molecule has 0 spiro atoms. The Labute approximate surface area is 350 Å². The second kappa shape index (κ2) is 13.8. The summed E-state index contributed by atoms with van der Waals surface area (Å²) in [6, 6.07) is 78.2. The number of benzene rings is 10. The summed E-state index contributed by atoms with van der Waals surface area (Å²) in [4.78, 5) is 2.38. The van der Waals surface area contributed by atoms with Gasteiger partial charge in [0.05, 0.1) is 0 Å².